The van der Waals surface area contributed by atoms with Gasteiger partial charge in [-0.25, -0.2) is 0 Å². The van der Waals surface area contributed by atoms with Crippen molar-refractivity contribution in [1.82, 2.24) is 4.90 Å². The molecule has 32 heavy (non-hydrogen) atoms. The normalized spacial score (nSPS) is 19.7. The molecule has 2 aliphatic rings. The number of rotatable bonds is 3. The van der Waals surface area contributed by atoms with Crippen molar-refractivity contribution in [1.29, 1.82) is 0 Å². The van der Waals surface area contributed by atoms with Crippen LogP contribution in [0.4, 0.5) is 5.69 Å². The van der Waals surface area contributed by atoms with Crippen molar-refractivity contribution < 1.29 is 9.59 Å². The van der Waals surface area contributed by atoms with Crippen LogP contribution in [-0.4, -0.2) is 29.0 Å². The Balaban J connectivity index is 1.63. The van der Waals surface area contributed by atoms with E-state index in [4.69, 9.17) is 11.6 Å². The van der Waals surface area contributed by atoms with Gasteiger partial charge in [-0.15, -0.1) is 11.8 Å². The Morgan fingerprint density at radius 2 is 1.81 bits per heavy atom. The van der Waals surface area contributed by atoms with Crippen LogP contribution in [-0.2, 0) is 16.2 Å². The predicted molar refractivity (Wildman–Crippen MR) is 130 cm³/mol. The number of halogens is 1. The zero-order valence-electron chi connectivity index (χ0n) is 18.0. The number of carbonyl (C=O) groups is 2. The zero-order valence-corrected chi connectivity index (χ0v) is 19.5. The number of anilines is 1. The molecule has 0 N–H and O–H groups in total. The van der Waals surface area contributed by atoms with Crippen molar-refractivity contribution in [2.75, 3.05) is 17.2 Å². The molecule has 1 saturated heterocycles. The minimum atomic E-state index is -1.05. The van der Waals surface area contributed by atoms with E-state index in [-0.39, 0.29) is 11.8 Å². The van der Waals surface area contributed by atoms with Crippen molar-refractivity contribution in [3.8, 4) is 0 Å². The molecule has 0 aromatic heterocycles. The SMILES string of the molecule is Cc1ccc2c(c1)C1(SCCN1C(=O)c1ccccc1C)C(=O)N2Cc1ccccc1Cl. The number of amides is 2. The molecule has 1 atom stereocenters. The fourth-order valence-corrected chi connectivity index (χ4v) is 6.29. The van der Waals surface area contributed by atoms with Crippen LogP contribution in [0.3, 0.4) is 0 Å². The molecule has 1 spiro atoms. The number of nitrogens with zero attached hydrogens (tertiary/aromatic N) is 2. The maximum Gasteiger partial charge on any atom is 0.268 e. The molecule has 4 nitrogen and oxygen atoms in total. The molecule has 0 saturated carbocycles. The third kappa shape index (κ3) is 3.14. The number of thioether (sulfide) groups is 1. The first-order chi connectivity index (χ1) is 15.4. The number of benzene rings is 3. The first-order valence-corrected chi connectivity index (χ1v) is 12.0. The molecule has 1 fully saturated rings. The van der Waals surface area contributed by atoms with E-state index in [0.29, 0.717) is 29.4 Å². The number of hydrogen-bond donors (Lipinski definition) is 0. The van der Waals surface area contributed by atoms with Gasteiger partial charge in [0.15, 0.2) is 4.87 Å². The van der Waals surface area contributed by atoms with Crippen LogP contribution in [0.25, 0.3) is 0 Å². The Morgan fingerprint density at radius 3 is 2.59 bits per heavy atom. The summed E-state index contributed by atoms with van der Waals surface area (Å²) in [5.74, 6) is 0.521. The Hall–Kier alpha value is -2.76. The molecular weight excluding hydrogens is 440 g/mol. The van der Waals surface area contributed by atoms with Gasteiger partial charge < -0.3 is 9.80 Å². The molecule has 6 heteroatoms. The largest absolute Gasteiger partial charge is 0.311 e. The Bertz CT molecular complexity index is 1240. The van der Waals surface area contributed by atoms with E-state index >= 15 is 0 Å². The predicted octanol–water partition coefficient (Wildman–Crippen LogP) is 5.55. The van der Waals surface area contributed by atoms with Crippen LogP contribution in [0, 0.1) is 13.8 Å². The fraction of sp³-hybridized carbons (Fsp3) is 0.231. The van der Waals surface area contributed by atoms with E-state index in [2.05, 4.69) is 6.07 Å². The van der Waals surface area contributed by atoms with Crippen molar-refractivity contribution >= 4 is 40.9 Å². The van der Waals surface area contributed by atoms with E-state index in [1.54, 1.807) is 21.6 Å². The van der Waals surface area contributed by atoms with Gasteiger partial charge in [0.25, 0.3) is 11.8 Å². The van der Waals surface area contributed by atoms with Crippen molar-refractivity contribution in [3.05, 3.63) is 99.6 Å². The summed E-state index contributed by atoms with van der Waals surface area (Å²) >= 11 is 7.97. The van der Waals surface area contributed by atoms with Gasteiger partial charge in [-0.1, -0.05) is 65.7 Å². The summed E-state index contributed by atoms with van der Waals surface area (Å²) < 4.78 is 0. The van der Waals surface area contributed by atoms with Gasteiger partial charge in [-0.2, -0.15) is 0 Å². The average molecular weight is 463 g/mol. The second-order valence-electron chi connectivity index (χ2n) is 8.27. The van der Waals surface area contributed by atoms with Crippen LogP contribution < -0.4 is 4.90 Å². The van der Waals surface area contributed by atoms with Crippen LogP contribution in [0.1, 0.15) is 32.6 Å². The Kier molecular flexibility index (Phi) is 5.26. The van der Waals surface area contributed by atoms with Crippen molar-refractivity contribution in [2.24, 2.45) is 0 Å². The Morgan fingerprint density at radius 1 is 1.06 bits per heavy atom. The first-order valence-electron chi connectivity index (χ1n) is 10.6. The lowest BCUT2D eigenvalue weighted by Gasteiger charge is -2.33. The number of hydrogen-bond acceptors (Lipinski definition) is 3. The summed E-state index contributed by atoms with van der Waals surface area (Å²) in [6.07, 6.45) is 0. The third-order valence-corrected chi connectivity index (χ3v) is 8.04. The van der Waals surface area contributed by atoms with E-state index in [9.17, 15) is 9.59 Å². The second kappa shape index (κ2) is 7.98. The van der Waals surface area contributed by atoms with Crippen LogP contribution in [0.2, 0.25) is 5.02 Å². The minimum absolute atomic E-state index is 0.0811. The standard InChI is InChI=1S/C26H23ClN2O2S/c1-17-11-12-23-21(15-17)26(25(31)28(23)16-19-8-4-6-10-22(19)27)29(13-14-32-26)24(30)20-9-5-3-7-18(20)2/h3-12,15H,13-14,16H2,1-2H3. The molecule has 1 unspecified atom stereocenters. The molecule has 3 aromatic carbocycles. The first kappa shape index (κ1) is 21.1. The molecule has 0 radical (unpaired) electrons. The lowest BCUT2D eigenvalue weighted by Crippen LogP contribution is -2.50. The number of aryl methyl sites for hydroxylation is 2. The Labute approximate surface area is 197 Å². The highest BCUT2D eigenvalue weighted by Gasteiger charge is 2.59. The summed E-state index contributed by atoms with van der Waals surface area (Å²) in [6, 6.07) is 21.2. The van der Waals surface area contributed by atoms with Gasteiger partial charge in [0.1, 0.15) is 0 Å². The van der Waals surface area contributed by atoms with E-state index in [0.717, 1.165) is 27.9 Å². The molecule has 2 amide bonds. The quantitative estimate of drug-likeness (QED) is 0.512. The van der Waals surface area contributed by atoms with Crippen LogP contribution in [0.5, 0.6) is 0 Å². The van der Waals surface area contributed by atoms with Crippen LogP contribution in [0.15, 0.2) is 66.7 Å². The highest BCUT2D eigenvalue weighted by atomic mass is 35.5. The minimum Gasteiger partial charge on any atom is -0.311 e. The molecule has 0 aliphatic carbocycles. The number of fused-ring (bicyclic) bond motifs is 2. The molecule has 162 valence electrons. The van der Waals surface area contributed by atoms with Gasteiger partial charge in [-0.3, -0.25) is 9.59 Å². The van der Waals surface area contributed by atoms with Gasteiger partial charge in [0.05, 0.1) is 12.2 Å². The molecule has 5 rings (SSSR count). The molecule has 2 aliphatic heterocycles. The molecular formula is C26H23ClN2O2S. The molecule has 3 aromatic rings. The third-order valence-electron chi connectivity index (χ3n) is 6.26. The summed E-state index contributed by atoms with van der Waals surface area (Å²) in [5.41, 5.74) is 5.22. The highest BCUT2D eigenvalue weighted by molar-refractivity contribution is 8.01. The monoisotopic (exact) mass is 462 g/mol. The van der Waals surface area contributed by atoms with E-state index < -0.39 is 4.87 Å². The summed E-state index contributed by atoms with van der Waals surface area (Å²) in [4.78, 5) is 30.3. The topological polar surface area (TPSA) is 40.6 Å². The van der Waals surface area contributed by atoms with Gasteiger partial charge in [0.2, 0.25) is 0 Å². The highest BCUT2D eigenvalue weighted by Crippen LogP contribution is 2.55. The number of carbonyl (C=O) groups excluding carboxylic acids is 2. The van der Waals surface area contributed by atoms with E-state index in [1.165, 1.54) is 0 Å². The maximum atomic E-state index is 14.1. The maximum absolute atomic E-state index is 14.1. The second-order valence-corrected chi connectivity index (χ2v) is 9.96. The lowest BCUT2D eigenvalue weighted by molar-refractivity contribution is -0.123. The fourth-order valence-electron chi connectivity index (χ4n) is 4.64. The molecule has 2 heterocycles. The van der Waals surface area contributed by atoms with Gasteiger partial charge >= 0.3 is 0 Å². The van der Waals surface area contributed by atoms with Gasteiger partial charge in [-0.05, 0) is 43.2 Å². The lowest BCUT2D eigenvalue weighted by atomic mass is 10.0. The summed E-state index contributed by atoms with van der Waals surface area (Å²) in [7, 11) is 0. The summed E-state index contributed by atoms with van der Waals surface area (Å²) in [6.45, 7) is 4.84. The van der Waals surface area contributed by atoms with Gasteiger partial charge in [0, 0.05) is 28.4 Å². The zero-order chi connectivity index (χ0) is 22.5. The van der Waals surface area contributed by atoms with Crippen LogP contribution >= 0.6 is 23.4 Å². The summed E-state index contributed by atoms with van der Waals surface area (Å²) in [5, 5.41) is 0.627. The average Bonchev–Trinajstić information content (AvgIpc) is 3.32. The smallest absolute Gasteiger partial charge is 0.268 e. The molecule has 0 bridgehead atoms. The van der Waals surface area contributed by atoms with E-state index in [1.807, 2.05) is 74.5 Å². The van der Waals surface area contributed by atoms with Crippen molar-refractivity contribution in [3.63, 3.8) is 0 Å². The van der Waals surface area contributed by atoms with Crippen molar-refractivity contribution in [2.45, 2.75) is 25.3 Å².